The first-order valence-corrected chi connectivity index (χ1v) is 5.82. The van der Waals surface area contributed by atoms with Gasteiger partial charge in [0.1, 0.15) is 6.10 Å². The number of benzene rings is 1. The molecule has 0 aromatic heterocycles. The summed E-state index contributed by atoms with van der Waals surface area (Å²) in [7, 11) is 1.72. The Kier molecular flexibility index (Phi) is 4.29. The first-order valence-electron chi connectivity index (χ1n) is 5.82. The van der Waals surface area contributed by atoms with Crippen molar-refractivity contribution in [2.75, 3.05) is 7.05 Å². The minimum absolute atomic E-state index is 0.246. The van der Waals surface area contributed by atoms with Crippen molar-refractivity contribution >= 4 is 5.91 Å². The Bertz CT molecular complexity index is 401. The monoisotopic (exact) mass is 235 g/mol. The predicted molar refractivity (Wildman–Crippen MR) is 68.8 cm³/mol. The van der Waals surface area contributed by atoms with Crippen LogP contribution in [0, 0.1) is 20.8 Å². The summed E-state index contributed by atoms with van der Waals surface area (Å²) in [6.07, 6.45) is -0.939. The van der Waals surface area contributed by atoms with Crippen molar-refractivity contribution in [1.29, 1.82) is 0 Å². The highest BCUT2D eigenvalue weighted by Crippen LogP contribution is 2.18. The molecule has 1 N–H and O–H groups in total. The largest absolute Gasteiger partial charge is 0.384 e. The Morgan fingerprint density at radius 1 is 1.29 bits per heavy atom. The molecule has 1 atom stereocenters. The Morgan fingerprint density at radius 2 is 1.76 bits per heavy atom. The lowest BCUT2D eigenvalue weighted by atomic mass is 9.99. The van der Waals surface area contributed by atoms with E-state index in [0.29, 0.717) is 6.54 Å². The maximum atomic E-state index is 11.6. The molecule has 0 aliphatic carbocycles. The van der Waals surface area contributed by atoms with Crippen molar-refractivity contribution in [1.82, 2.24) is 4.90 Å². The molecular weight excluding hydrogens is 214 g/mol. The summed E-state index contributed by atoms with van der Waals surface area (Å²) in [4.78, 5) is 13.2. The van der Waals surface area contributed by atoms with Gasteiger partial charge in [-0.05, 0) is 44.4 Å². The lowest BCUT2D eigenvalue weighted by Crippen LogP contribution is -2.34. The lowest BCUT2D eigenvalue weighted by molar-refractivity contribution is -0.138. The molecule has 0 fully saturated rings. The van der Waals surface area contributed by atoms with Crippen molar-refractivity contribution < 1.29 is 9.90 Å². The number of nitrogens with zero attached hydrogens (tertiary/aromatic N) is 1. The molecular formula is C14H21NO2. The Morgan fingerprint density at radius 3 is 2.18 bits per heavy atom. The van der Waals surface area contributed by atoms with Gasteiger partial charge in [-0.15, -0.1) is 0 Å². The van der Waals surface area contributed by atoms with Crippen LogP contribution in [-0.2, 0) is 11.3 Å². The lowest BCUT2D eigenvalue weighted by Gasteiger charge is -2.21. The van der Waals surface area contributed by atoms with Gasteiger partial charge in [0.15, 0.2) is 0 Å². The van der Waals surface area contributed by atoms with E-state index >= 15 is 0 Å². The van der Waals surface area contributed by atoms with Crippen molar-refractivity contribution in [3.05, 3.63) is 34.4 Å². The van der Waals surface area contributed by atoms with Gasteiger partial charge in [0.05, 0.1) is 0 Å². The maximum absolute atomic E-state index is 11.6. The normalized spacial score (nSPS) is 12.4. The van der Waals surface area contributed by atoms with Gasteiger partial charge >= 0.3 is 0 Å². The van der Waals surface area contributed by atoms with E-state index in [4.69, 9.17) is 0 Å². The summed E-state index contributed by atoms with van der Waals surface area (Å²) in [6.45, 7) is 8.20. The summed E-state index contributed by atoms with van der Waals surface area (Å²) in [5, 5.41) is 9.26. The fourth-order valence-corrected chi connectivity index (χ4v) is 2.09. The van der Waals surface area contributed by atoms with Crippen LogP contribution >= 0.6 is 0 Å². The van der Waals surface area contributed by atoms with Gasteiger partial charge < -0.3 is 10.0 Å². The van der Waals surface area contributed by atoms with Gasteiger partial charge in [-0.25, -0.2) is 0 Å². The summed E-state index contributed by atoms with van der Waals surface area (Å²) in [5.41, 5.74) is 4.76. The number of aliphatic hydroxyl groups excluding tert-OH is 1. The standard InChI is InChI=1S/C14H21NO2/c1-9-6-10(2)13(11(3)7-9)8-15(5)14(17)12(4)16/h6-7,12,16H,8H2,1-5H3. The molecule has 0 heterocycles. The van der Waals surface area contributed by atoms with Crippen molar-refractivity contribution in [2.45, 2.75) is 40.3 Å². The second-order valence-electron chi connectivity index (χ2n) is 4.75. The molecule has 0 aliphatic rings. The highest BCUT2D eigenvalue weighted by atomic mass is 16.3. The highest BCUT2D eigenvalue weighted by molar-refractivity contribution is 5.80. The molecule has 0 aliphatic heterocycles. The van der Waals surface area contributed by atoms with Crippen LogP contribution in [0.2, 0.25) is 0 Å². The van der Waals surface area contributed by atoms with Gasteiger partial charge in [0, 0.05) is 13.6 Å². The van der Waals surface area contributed by atoms with Gasteiger partial charge in [0.2, 0.25) is 0 Å². The molecule has 0 bridgehead atoms. The molecule has 17 heavy (non-hydrogen) atoms. The van der Waals surface area contributed by atoms with Gasteiger partial charge in [-0.1, -0.05) is 17.7 Å². The minimum atomic E-state index is -0.939. The molecule has 3 nitrogen and oxygen atoms in total. The number of rotatable bonds is 3. The molecule has 0 radical (unpaired) electrons. The van der Waals surface area contributed by atoms with Crippen LogP contribution in [0.15, 0.2) is 12.1 Å². The van der Waals surface area contributed by atoms with Crippen LogP contribution in [0.5, 0.6) is 0 Å². The third-order valence-electron chi connectivity index (χ3n) is 2.97. The van der Waals surface area contributed by atoms with Gasteiger partial charge in [0.25, 0.3) is 5.91 Å². The van der Waals surface area contributed by atoms with Crippen molar-refractivity contribution in [3.63, 3.8) is 0 Å². The molecule has 1 unspecified atom stereocenters. The van der Waals surface area contributed by atoms with E-state index in [0.717, 1.165) is 5.56 Å². The summed E-state index contributed by atoms with van der Waals surface area (Å²) in [6, 6.07) is 4.23. The average Bonchev–Trinajstić information content (AvgIpc) is 2.21. The quantitative estimate of drug-likeness (QED) is 0.870. The number of aliphatic hydroxyl groups is 1. The number of likely N-dealkylation sites (N-methyl/N-ethyl adjacent to an activating group) is 1. The van der Waals surface area contributed by atoms with E-state index in [9.17, 15) is 9.90 Å². The molecule has 3 heteroatoms. The fraction of sp³-hybridized carbons (Fsp3) is 0.500. The molecule has 94 valence electrons. The SMILES string of the molecule is Cc1cc(C)c(CN(C)C(=O)C(C)O)c(C)c1. The predicted octanol–water partition coefficient (Wildman–Crippen LogP) is 1.95. The van der Waals surface area contributed by atoms with E-state index in [2.05, 4.69) is 32.9 Å². The summed E-state index contributed by atoms with van der Waals surface area (Å²) < 4.78 is 0. The van der Waals surface area contributed by atoms with E-state index in [1.165, 1.54) is 23.6 Å². The molecule has 1 amide bonds. The highest BCUT2D eigenvalue weighted by Gasteiger charge is 2.16. The average molecular weight is 235 g/mol. The van der Waals surface area contributed by atoms with Crippen LogP contribution in [-0.4, -0.2) is 29.1 Å². The van der Waals surface area contributed by atoms with Crippen LogP contribution in [0.3, 0.4) is 0 Å². The van der Waals surface area contributed by atoms with Crippen LogP contribution in [0.1, 0.15) is 29.2 Å². The maximum Gasteiger partial charge on any atom is 0.251 e. The van der Waals surface area contributed by atoms with Crippen molar-refractivity contribution in [2.24, 2.45) is 0 Å². The molecule has 0 saturated carbocycles. The van der Waals surface area contributed by atoms with Crippen LogP contribution in [0.4, 0.5) is 0 Å². The summed E-state index contributed by atoms with van der Waals surface area (Å²) in [5.74, 6) is -0.246. The smallest absolute Gasteiger partial charge is 0.251 e. The first kappa shape index (κ1) is 13.7. The number of hydrogen-bond donors (Lipinski definition) is 1. The second-order valence-corrected chi connectivity index (χ2v) is 4.75. The number of aryl methyl sites for hydroxylation is 3. The number of carbonyl (C=O) groups excluding carboxylic acids is 1. The minimum Gasteiger partial charge on any atom is -0.384 e. The van der Waals surface area contributed by atoms with E-state index in [1.807, 2.05) is 0 Å². The van der Waals surface area contributed by atoms with E-state index in [1.54, 1.807) is 11.9 Å². The Balaban J connectivity index is 2.92. The zero-order valence-electron chi connectivity index (χ0n) is 11.2. The molecule has 1 aromatic rings. The Labute approximate surface area is 103 Å². The van der Waals surface area contributed by atoms with Gasteiger partial charge in [-0.2, -0.15) is 0 Å². The number of hydrogen-bond acceptors (Lipinski definition) is 2. The number of carbonyl (C=O) groups is 1. The molecule has 0 saturated heterocycles. The molecule has 0 spiro atoms. The third-order valence-corrected chi connectivity index (χ3v) is 2.97. The fourth-order valence-electron chi connectivity index (χ4n) is 2.09. The topological polar surface area (TPSA) is 40.5 Å². The van der Waals surface area contributed by atoms with Crippen LogP contribution in [0.25, 0.3) is 0 Å². The number of amides is 1. The second kappa shape index (κ2) is 5.32. The zero-order chi connectivity index (χ0) is 13.2. The first-order chi connectivity index (χ1) is 7.82. The summed E-state index contributed by atoms with van der Waals surface area (Å²) >= 11 is 0. The van der Waals surface area contributed by atoms with Gasteiger partial charge in [-0.3, -0.25) is 4.79 Å². The molecule has 1 aromatic carbocycles. The van der Waals surface area contributed by atoms with E-state index < -0.39 is 6.10 Å². The zero-order valence-corrected chi connectivity index (χ0v) is 11.2. The third kappa shape index (κ3) is 3.30. The Hall–Kier alpha value is -1.35. The van der Waals surface area contributed by atoms with Crippen LogP contribution < -0.4 is 0 Å². The van der Waals surface area contributed by atoms with Crippen molar-refractivity contribution in [3.8, 4) is 0 Å². The van der Waals surface area contributed by atoms with E-state index in [-0.39, 0.29) is 5.91 Å². The molecule has 1 rings (SSSR count).